The number of carbonyl (C=O) groups is 1. The van der Waals surface area contributed by atoms with Gasteiger partial charge in [-0.3, -0.25) is 4.79 Å². The molecule has 0 saturated heterocycles. The van der Waals surface area contributed by atoms with Crippen molar-refractivity contribution in [2.45, 2.75) is 13.3 Å². The number of carbonyl (C=O) groups excluding carboxylic acids is 1. The van der Waals surface area contributed by atoms with Gasteiger partial charge in [0.25, 0.3) is 0 Å². The molecule has 0 aromatic carbocycles. The van der Waals surface area contributed by atoms with Crippen LogP contribution in [0.2, 0.25) is 0 Å². The van der Waals surface area contributed by atoms with Crippen LogP contribution < -0.4 is 0 Å². The summed E-state index contributed by atoms with van der Waals surface area (Å²) in [5.74, 6) is 0.185. The molecule has 0 aliphatic rings. The van der Waals surface area contributed by atoms with E-state index in [1.54, 1.807) is 11.0 Å². The van der Waals surface area contributed by atoms with Crippen molar-refractivity contribution >= 4 is 21.8 Å². The van der Waals surface area contributed by atoms with Crippen LogP contribution in [0.4, 0.5) is 0 Å². The lowest BCUT2D eigenvalue weighted by atomic mass is 10.4. The summed E-state index contributed by atoms with van der Waals surface area (Å²) in [6.45, 7) is 6.97. The first kappa shape index (κ1) is 10.7. The Hall–Kier alpha value is -0.310. The number of alkyl halides is 1. The number of rotatable bonds is 5. The molecule has 0 fully saturated rings. The van der Waals surface area contributed by atoms with Crippen molar-refractivity contribution in [3.05, 3.63) is 12.7 Å². The van der Waals surface area contributed by atoms with Crippen molar-refractivity contribution in [2.24, 2.45) is 0 Å². The van der Waals surface area contributed by atoms with E-state index in [-0.39, 0.29) is 5.91 Å². The fourth-order valence-electron chi connectivity index (χ4n) is 0.802. The lowest BCUT2D eigenvalue weighted by Crippen LogP contribution is -2.30. The molecule has 0 spiro atoms. The molecule has 11 heavy (non-hydrogen) atoms. The van der Waals surface area contributed by atoms with Crippen LogP contribution in [0.1, 0.15) is 13.3 Å². The Morgan fingerprint density at radius 3 is 2.73 bits per heavy atom. The second-order valence-electron chi connectivity index (χ2n) is 2.16. The number of amides is 1. The Morgan fingerprint density at radius 2 is 2.36 bits per heavy atom. The SMILES string of the molecule is C=CCN(CC)C(=O)CCBr. The minimum atomic E-state index is 0.185. The maximum Gasteiger partial charge on any atom is 0.223 e. The minimum absolute atomic E-state index is 0.185. The molecule has 0 saturated carbocycles. The molecule has 0 heterocycles. The summed E-state index contributed by atoms with van der Waals surface area (Å²) in [5.41, 5.74) is 0. The number of nitrogens with zero attached hydrogens (tertiary/aromatic N) is 1. The molecular formula is C8H14BrNO. The number of hydrogen-bond donors (Lipinski definition) is 0. The average molecular weight is 220 g/mol. The Bertz CT molecular complexity index is 136. The second-order valence-corrected chi connectivity index (χ2v) is 2.95. The van der Waals surface area contributed by atoms with E-state index < -0.39 is 0 Å². The summed E-state index contributed by atoms with van der Waals surface area (Å²) in [4.78, 5) is 13.0. The highest BCUT2D eigenvalue weighted by Crippen LogP contribution is 1.96. The van der Waals surface area contributed by atoms with Gasteiger partial charge in [-0.2, -0.15) is 0 Å². The predicted octanol–water partition coefficient (Wildman–Crippen LogP) is 1.81. The van der Waals surface area contributed by atoms with Crippen molar-refractivity contribution in [2.75, 3.05) is 18.4 Å². The van der Waals surface area contributed by atoms with Gasteiger partial charge in [0.2, 0.25) is 5.91 Å². The second kappa shape index (κ2) is 6.40. The third-order valence-electron chi connectivity index (χ3n) is 1.39. The molecule has 1 amide bonds. The first-order valence-electron chi connectivity index (χ1n) is 3.70. The molecule has 3 heteroatoms. The molecule has 0 aromatic heterocycles. The average Bonchev–Trinajstić information content (AvgIpc) is 2.00. The minimum Gasteiger partial charge on any atom is -0.339 e. The Balaban J connectivity index is 3.80. The molecule has 0 rings (SSSR count). The van der Waals surface area contributed by atoms with Gasteiger partial charge in [0.1, 0.15) is 0 Å². The Morgan fingerprint density at radius 1 is 1.73 bits per heavy atom. The van der Waals surface area contributed by atoms with E-state index in [0.29, 0.717) is 13.0 Å². The third kappa shape index (κ3) is 4.19. The lowest BCUT2D eigenvalue weighted by molar-refractivity contribution is -0.130. The van der Waals surface area contributed by atoms with Crippen molar-refractivity contribution in [1.29, 1.82) is 0 Å². The fourth-order valence-corrected chi connectivity index (χ4v) is 1.14. The van der Waals surface area contributed by atoms with Gasteiger partial charge < -0.3 is 4.90 Å². The van der Waals surface area contributed by atoms with Gasteiger partial charge >= 0.3 is 0 Å². The quantitative estimate of drug-likeness (QED) is 0.511. The van der Waals surface area contributed by atoms with Crippen LogP contribution in [0.25, 0.3) is 0 Å². The van der Waals surface area contributed by atoms with Gasteiger partial charge in [-0.05, 0) is 6.92 Å². The van der Waals surface area contributed by atoms with Crippen LogP contribution in [-0.2, 0) is 4.79 Å². The van der Waals surface area contributed by atoms with Crippen LogP contribution >= 0.6 is 15.9 Å². The number of likely N-dealkylation sites (N-methyl/N-ethyl adjacent to an activating group) is 1. The molecule has 0 aliphatic carbocycles. The van der Waals surface area contributed by atoms with Crippen LogP contribution in [0.15, 0.2) is 12.7 Å². The van der Waals surface area contributed by atoms with E-state index in [4.69, 9.17) is 0 Å². The normalized spacial score (nSPS) is 9.27. The molecule has 2 nitrogen and oxygen atoms in total. The fraction of sp³-hybridized carbons (Fsp3) is 0.625. The Kier molecular flexibility index (Phi) is 6.22. The van der Waals surface area contributed by atoms with E-state index in [9.17, 15) is 4.79 Å². The maximum absolute atomic E-state index is 11.2. The van der Waals surface area contributed by atoms with Crippen molar-refractivity contribution < 1.29 is 4.79 Å². The molecule has 0 N–H and O–H groups in total. The van der Waals surface area contributed by atoms with Crippen LogP contribution in [0.3, 0.4) is 0 Å². The van der Waals surface area contributed by atoms with Gasteiger partial charge in [0, 0.05) is 24.8 Å². The van der Waals surface area contributed by atoms with Crippen molar-refractivity contribution in [1.82, 2.24) is 4.90 Å². The summed E-state index contributed by atoms with van der Waals surface area (Å²) in [7, 11) is 0. The van der Waals surface area contributed by atoms with Crippen LogP contribution in [-0.4, -0.2) is 29.2 Å². The largest absolute Gasteiger partial charge is 0.339 e. The van der Waals surface area contributed by atoms with Gasteiger partial charge in [-0.15, -0.1) is 6.58 Å². The number of hydrogen-bond acceptors (Lipinski definition) is 1. The molecule has 0 radical (unpaired) electrons. The summed E-state index contributed by atoms with van der Waals surface area (Å²) >= 11 is 3.23. The zero-order chi connectivity index (χ0) is 8.69. The van der Waals surface area contributed by atoms with Gasteiger partial charge in [0.15, 0.2) is 0 Å². The zero-order valence-corrected chi connectivity index (χ0v) is 8.43. The smallest absolute Gasteiger partial charge is 0.223 e. The molecule has 0 aromatic rings. The van der Waals surface area contributed by atoms with E-state index >= 15 is 0 Å². The highest BCUT2D eigenvalue weighted by Gasteiger charge is 2.07. The summed E-state index contributed by atoms with van der Waals surface area (Å²) in [6.07, 6.45) is 2.32. The molecular weight excluding hydrogens is 206 g/mol. The van der Waals surface area contributed by atoms with Gasteiger partial charge in [0.05, 0.1) is 0 Å². The predicted molar refractivity (Wildman–Crippen MR) is 50.9 cm³/mol. The lowest BCUT2D eigenvalue weighted by Gasteiger charge is -2.17. The molecule has 0 unspecified atom stereocenters. The highest BCUT2D eigenvalue weighted by molar-refractivity contribution is 9.09. The maximum atomic E-state index is 11.2. The van der Waals surface area contributed by atoms with Gasteiger partial charge in [-0.1, -0.05) is 22.0 Å². The summed E-state index contributed by atoms with van der Waals surface area (Å²) < 4.78 is 0. The molecule has 0 bridgehead atoms. The first-order chi connectivity index (χ1) is 5.26. The van der Waals surface area contributed by atoms with Crippen LogP contribution in [0.5, 0.6) is 0 Å². The number of halogens is 1. The first-order valence-corrected chi connectivity index (χ1v) is 4.83. The molecule has 64 valence electrons. The standard InChI is InChI=1S/C8H14BrNO/c1-3-7-10(4-2)8(11)5-6-9/h3H,1,4-7H2,2H3. The topological polar surface area (TPSA) is 20.3 Å². The highest BCUT2D eigenvalue weighted by atomic mass is 79.9. The van der Waals surface area contributed by atoms with E-state index in [2.05, 4.69) is 22.5 Å². The zero-order valence-electron chi connectivity index (χ0n) is 6.85. The molecule has 0 aliphatic heterocycles. The van der Waals surface area contributed by atoms with Gasteiger partial charge in [-0.25, -0.2) is 0 Å². The van der Waals surface area contributed by atoms with Crippen LogP contribution in [0, 0.1) is 0 Å². The van der Waals surface area contributed by atoms with Crippen molar-refractivity contribution in [3.63, 3.8) is 0 Å². The third-order valence-corrected chi connectivity index (χ3v) is 1.79. The van der Waals surface area contributed by atoms with Crippen molar-refractivity contribution in [3.8, 4) is 0 Å². The summed E-state index contributed by atoms with van der Waals surface area (Å²) in [5, 5.41) is 0.736. The van der Waals surface area contributed by atoms with E-state index in [1.807, 2.05) is 6.92 Å². The van der Waals surface area contributed by atoms with E-state index in [0.717, 1.165) is 11.9 Å². The summed E-state index contributed by atoms with van der Waals surface area (Å²) in [6, 6.07) is 0. The van der Waals surface area contributed by atoms with E-state index in [1.165, 1.54) is 0 Å². The molecule has 0 atom stereocenters. The Labute approximate surface area is 76.4 Å². The monoisotopic (exact) mass is 219 g/mol.